The Morgan fingerprint density at radius 3 is 2.46 bits per heavy atom. The predicted molar refractivity (Wildman–Crippen MR) is 115 cm³/mol. The van der Waals surface area contributed by atoms with Crippen molar-refractivity contribution in [2.24, 2.45) is 0 Å². The molecule has 0 radical (unpaired) electrons. The van der Waals surface area contributed by atoms with Crippen molar-refractivity contribution >= 4 is 10.9 Å². The van der Waals surface area contributed by atoms with Crippen molar-refractivity contribution in [2.75, 3.05) is 0 Å². The molecular weight excluding hydrogens is 340 g/mol. The number of hydrogen-bond donors (Lipinski definition) is 0. The SMILES string of the molecule is C#CCCC.CC#CCC[n+]1c(C#Cc2cccc[nH+]2)ccc2ccccc21. The van der Waals surface area contributed by atoms with E-state index >= 15 is 0 Å². The number of H-pyrrole nitrogens is 1. The van der Waals surface area contributed by atoms with Crippen LogP contribution in [0.1, 0.15) is 44.5 Å². The van der Waals surface area contributed by atoms with Gasteiger partial charge in [0.05, 0.1) is 6.42 Å². The molecule has 2 aromatic heterocycles. The minimum Gasteiger partial charge on any atom is -0.204 e. The fourth-order valence-corrected chi connectivity index (χ4v) is 2.65. The van der Waals surface area contributed by atoms with E-state index in [-0.39, 0.29) is 0 Å². The molecule has 0 aliphatic heterocycles. The highest BCUT2D eigenvalue weighted by atomic mass is 15.0. The summed E-state index contributed by atoms with van der Waals surface area (Å²) in [4.78, 5) is 3.14. The van der Waals surface area contributed by atoms with Gasteiger partial charge in [0, 0.05) is 47.9 Å². The van der Waals surface area contributed by atoms with Crippen molar-refractivity contribution in [1.82, 2.24) is 0 Å². The molecule has 0 unspecified atom stereocenters. The van der Waals surface area contributed by atoms with Crippen molar-refractivity contribution in [2.45, 2.75) is 39.7 Å². The lowest BCUT2D eigenvalue weighted by atomic mass is 10.1. The molecule has 0 aliphatic carbocycles. The maximum atomic E-state index is 4.89. The summed E-state index contributed by atoms with van der Waals surface area (Å²) in [5.74, 6) is 15.1. The smallest absolute Gasteiger partial charge is 0.204 e. The van der Waals surface area contributed by atoms with Gasteiger partial charge in [0.1, 0.15) is 0 Å². The number of rotatable bonds is 3. The van der Waals surface area contributed by atoms with Crippen molar-refractivity contribution in [3.05, 3.63) is 72.2 Å². The number of unbranched alkanes of at least 4 members (excludes halogenated alkanes) is 1. The number of para-hydroxylation sites is 1. The highest BCUT2D eigenvalue weighted by molar-refractivity contribution is 5.75. The standard InChI is InChI=1S/C21H17N2.C5H8/c1-2-3-8-17-23-20(15-13-19-10-6-7-16-22-19)14-12-18-9-4-5-11-21(18)23;1-3-5-4-2/h4-7,9-12,14,16H,8,17H2,1H3;1H,4-5H2,2H3/q+1;/p+1. The molecule has 3 aromatic rings. The van der Waals surface area contributed by atoms with Crippen LogP contribution in [-0.4, -0.2) is 0 Å². The van der Waals surface area contributed by atoms with Gasteiger partial charge in [-0.1, -0.05) is 25.0 Å². The van der Waals surface area contributed by atoms with Crippen LogP contribution in [0.2, 0.25) is 0 Å². The molecule has 2 heteroatoms. The minimum absolute atomic E-state index is 0.821. The van der Waals surface area contributed by atoms with Crippen molar-refractivity contribution in [1.29, 1.82) is 0 Å². The molecule has 0 saturated carbocycles. The number of aromatic nitrogens is 2. The van der Waals surface area contributed by atoms with Crippen molar-refractivity contribution in [3.63, 3.8) is 0 Å². The van der Waals surface area contributed by atoms with Gasteiger partial charge in [0.2, 0.25) is 5.52 Å². The van der Waals surface area contributed by atoms with Gasteiger partial charge < -0.3 is 0 Å². The molecule has 0 bridgehead atoms. The topological polar surface area (TPSA) is 18.0 Å². The molecule has 0 spiro atoms. The van der Waals surface area contributed by atoms with Gasteiger partial charge in [-0.25, -0.2) is 4.98 Å². The molecule has 2 nitrogen and oxygen atoms in total. The predicted octanol–water partition coefficient (Wildman–Crippen LogP) is 4.17. The highest BCUT2D eigenvalue weighted by Gasteiger charge is 2.13. The molecule has 0 amide bonds. The summed E-state index contributed by atoms with van der Waals surface area (Å²) >= 11 is 0. The summed E-state index contributed by atoms with van der Waals surface area (Å²) in [6.07, 6.45) is 9.62. The first-order valence-corrected chi connectivity index (χ1v) is 9.53. The maximum Gasteiger partial charge on any atom is 0.257 e. The highest BCUT2D eigenvalue weighted by Crippen LogP contribution is 2.10. The zero-order chi connectivity index (χ0) is 20.0. The van der Waals surface area contributed by atoms with E-state index < -0.39 is 0 Å². The quantitative estimate of drug-likeness (QED) is 0.489. The van der Waals surface area contributed by atoms with Crippen molar-refractivity contribution < 1.29 is 9.55 Å². The Balaban J connectivity index is 0.000000500. The van der Waals surface area contributed by atoms with Crippen LogP contribution in [0.25, 0.3) is 10.9 Å². The van der Waals surface area contributed by atoms with Crippen LogP contribution in [-0.2, 0) is 6.54 Å². The summed E-state index contributed by atoms with van der Waals surface area (Å²) in [7, 11) is 0. The second kappa shape index (κ2) is 12.0. The van der Waals surface area contributed by atoms with E-state index in [1.54, 1.807) is 0 Å². The van der Waals surface area contributed by atoms with Crippen LogP contribution >= 0.6 is 0 Å². The van der Waals surface area contributed by atoms with Gasteiger partial charge >= 0.3 is 0 Å². The number of aryl methyl sites for hydroxylation is 1. The number of hydrogen-bond acceptors (Lipinski definition) is 0. The van der Waals surface area contributed by atoms with E-state index in [9.17, 15) is 0 Å². The minimum atomic E-state index is 0.821. The van der Waals surface area contributed by atoms with Gasteiger partial charge in [-0.2, -0.15) is 4.57 Å². The second-order valence-corrected chi connectivity index (χ2v) is 6.09. The number of nitrogens with one attached hydrogen (secondary N) is 1. The molecule has 0 atom stereocenters. The van der Waals surface area contributed by atoms with Gasteiger partial charge in [-0.3, -0.25) is 0 Å². The van der Waals surface area contributed by atoms with Crippen LogP contribution in [0.3, 0.4) is 0 Å². The Kier molecular flexibility index (Phi) is 8.87. The van der Waals surface area contributed by atoms with Gasteiger partial charge in [-0.15, -0.1) is 18.3 Å². The van der Waals surface area contributed by atoms with Crippen LogP contribution in [0.5, 0.6) is 0 Å². The molecule has 0 fully saturated rings. The Bertz CT molecular complexity index is 1050. The molecule has 0 aliphatic rings. The van der Waals surface area contributed by atoms with E-state index in [1.807, 2.05) is 31.3 Å². The molecule has 2 heterocycles. The monoisotopic (exact) mass is 366 g/mol. The molecule has 3 rings (SSSR count). The summed E-state index contributed by atoms with van der Waals surface area (Å²) in [6.45, 7) is 4.78. The summed E-state index contributed by atoms with van der Waals surface area (Å²) in [5.41, 5.74) is 3.09. The Hall–Kier alpha value is -3.54. The molecule has 1 aromatic carbocycles. The number of fused-ring (bicyclic) bond motifs is 1. The number of terminal acetylenes is 1. The third kappa shape index (κ3) is 6.32. The number of pyridine rings is 2. The number of benzene rings is 1. The average Bonchev–Trinajstić information content (AvgIpc) is 2.75. The number of aromatic amines is 1. The van der Waals surface area contributed by atoms with Gasteiger partial charge in [0.25, 0.3) is 11.4 Å². The maximum absolute atomic E-state index is 4.89. The van der Waals surface area contributed by atoms with Crippen LogP contribution < -0.4 is 9.55 Å². The summed E-state index contributed by atoms with van der Waals surface area (Å²) in [6, 6.07) is 18.5. The molecule has 0 saturated heterocycles. The molecular formula is C26H26N2+2. The van der Waals surface area contributed by atoms with Gasteiger partial charge in [-0.05, 0) is 31.5 Å². The molecule has 138 valence electrons. The normalized spacial score (nSPS) is 9.04. The van der Waals surface area contributed by atoms with E-state index in [1.165, 1.54) is 10.9 Å². The lowest BCUT2D eigenvalue weighted by Gasteiger charge is -2.02. The van der Waals surface area contributed by atoms with Crippen LogP contribution in [0.15, 0.2) is 60.8 Å². The average molecular weight is 367 g/mol. The Morgan fingerprint density at radius 1 is 0.964 bits per heavy atom. The first kappa shape index (κ1) is 20.8. The fourth-order valence-electron chi connectivity index (χ4n) is 2.65. The third-order valence-corrected chi connectivity index (χ3v) is 4.00. The lowest BCUT2D eigenvalue weighted by Crippen LogP contribution is -2.38. The fraction of sp³-hybridized carbons (Fsp3) is 0.231. The largest absolute Gasteiger partial charge is 0.257 e. The van der Waals surface area contributed by atoms with Crippen LogP contribution in [0, 0.1) is 36.0 Å². The Morgan fingerprint density at radius 2 is 1.79 bits per heavy atom. The number of nitrogens with zero attached hydrogens (tertiary/aromatic N) is 1. The lowest BCUT2D eigenvalue weighted by molar-refractivity contribution is -0.672. The van der Waals surface area contributed by atoms with Gasteiger partial charge in [0.15, 0.2) is 12.7 Å². The first-order chi connectivity index (χ1) is 13.8. The van der Waals surface area contributed by atoms with E-state index in [0.717, 1.165) is 37.2 Å². The second-order valence-electron chi connectivity index (χ2n) is 6.09. The molecule has 28 heavy (non-hydrogen) atoms. The summed E-state index contributed by atoms with van der Waals surface area (Å²) < 4.78 is 2.25. The zero-order valence-corrected chi connectivity index (χ0v) is 16.6. The zero-order valence-electron chi connectivity index (χ0n) is 16.6. The third-order valence-electron chi connectivity index (χ3n) is 4.00. The van der Waals surface area contributed by atoms with Crippen molar-refractivity contribution in [3.8, 4) is 36.0 Å². The van der Waals surface area contributed by atoms with E-state index in [4.69, 9.17) is 6.42 Å². The van der Waals surface area contributed by atoms with E-state index in [0.29, 0.717) is 0 Å². The molecule has 1 N–H and O–H groups in total. The van der Waals surface area contributed by atoms with E-state index in [2.05, 4.69) is 82.5 Å². The first-order valence-electron chi connectivity index (χ1n) is 9.53. The van der Waals surface area contributed by atoms with Crippen LogP contribution in [0.4, 0.5) is 0 Å². The Labute approximate surface area is 168 Å². The summed E-state index contributed by atoms with van der Waals surface area (Å²) in [5, 5.41) is 1.22.